The second-order valence-corrected chi connectivity index (χ2v) is 31.0. The van der Waals surface area contributed by atoms with Crippen LogP contribution in [0.4, 0.5) is 4.79 Å². The van der Waals surface area contributed by atoms with Gasteiger partial charge in [-0.3, -0.25) is 9.59 Å². The number of ether oxygens (including phenoxy) is 8. The Kier molecular flexibility index (Phi) is 20.2. The number of likely N-dealkylation sites (N-methyl/N-ethyl adjacent to an activating group) is 1. The second-order valence-electron chi connectivity index (χ2n) is 21.5. The van der Waals surface area contributed by atoms with E-state index >= 15 is 0 Å². The summed E-state index contributed by atoms with van der Waals surface area (Å²) in [5.41, 5.74) is -4.02. The van der Waals surface area contributed by atoms with Crippen molar-refractivity contribution in [2.45, 2.75) is 257 Å². The zero-order valence-corrected chi connectivity index (χ0v) is 46.9. The van der Waals surface area contributed by atoms with Gasteiger partial charge < -0.3 is 56.8 Å². The van der Waals surface area contributed by atoms with Gasteiger partial charge in [-0.05, 0) is 111 Å². The Morgan fingerprint density at radius 3 is 1.81 bits per heavy atom. The van der Waals surface area contributed by atoms with Gasteiger partial charge in [0.05, 0.1) is 53.6 Å². The Balaban J connectivity index is 1.93. The van der Waals surface area contributed by atoms with Crippen LogP contribution in [0, 0.1) is 23.7 Å². The van der Waals surface area contributed by atoms with Gasteiger partial charge in [-0.15, -0.1) is 0 Å². The lowest BCUT2D eigenvalue weighted by molar-refractivity contribution is -0.315. The smallest absolute Gasteiger partial charge is 0.458 e. The minimum Gasteiger partial charge on any atom is -0.458 e. The van der Waals surface area contributed by atoms with Gasteiger partial charge in [-0.1, -0.05) is 69.2 Å². The molecule has 4 aliphatic rings. The van der Waals surface area contributed by atoms with E-state index in [9.17, 15) is 19.5 Å². The molecule has 0 saturated carbocycles. The molecule has 4 fully saturated rings. The molecule has 0 aromatic heterocycles. The molecule has 390 valence electrons. The predicted molar refractivity (Wildman–Crippen MR) is 262 cm³/mol. The van der Waals surface area contributed by atoms with E-state index in [0.717, 1.165) is 42.7 Å². The summed E-state index contributed by atoms with van der Waals surface area (Å²) in [6.07, 6.45) is -7.21. The van der Waals surface area contributed by atoms with Crippen molar-refractivity contribution >= 4 is 34.5 Å². The summed E-state index contributed by atoms with van der Waals surface area (Å²) in [4.78, 5) is 44.7. The molecule has 67 heavy (non-hydrogen) atoms. The van der Waals surface area contributed by atoms with Crippen LogP contribution in [0.15, 0.2) is 0 Å². The SMILES string of the molecule is CC[C@@H]1OC(=O)[C@H](C)[C@H](O[C@@H]2C[C@@](C)(O)[C@@H](O[Si](CC)(CC)CC)[C@H](C)O2)[C@H](C)[C@@H](O[C@@H]2O[C@H](C)C[C@H](N(C)C)[C@H]2O[Si](CC)(CC)CC)[C@](C)(OC)C[C@@H](C)C(=O)[C@H](C)[C@@H]2OC(=O)O[C@]12C. The molecule has 0 spiro atoms. The van der Waals surface area contributed by atoms with Crippen molar-refractivity contribution in [1.29, 1.82) is 0 Å². The summed E-state index contributed by atoms with van der Waals surface area (Å²) in [5, 5.41) is 12.3. The number of fused-ring (bicyclic) bond motifs is 1. The molecule has 4 saturated heterocycles. The summed E-state index contributed by atoms with van der Waals surface area (Å²) in [6, 6.07) is 5.46. The number of methoxy groups -OCH3 is 1. The third-order valence-electron chi connectivity index (χ3n) is 16.8. The maximum atomic E-state index is 14.9. The summed E-state index contributed by atoms with van der Waals surface area (Å²) < 4.78 is 66.9. The Morgan fingerprint density at radius 2 is 1.30 bits per heavy atom. The average Bonchev–Trinajstić information content (AvgIpc) is 3.60. The standard InChI is InChI=1S/C50H93NO14Si2/c1-20-37-50(16)43(62-47(54)63-50)32(10)39(52)30(8)28-49(15,56-19)42(61-46-41(64-66(21-2,22-3)23-4)36(51(17)18)27-31(9)57-46)33(11)40(34(12)45(53)59-37)60-38-29-48(14,55)44(35(13)58-38)65-67(24-5,25-6)26-7/h30-38,40-44,46,55H,20-29H2,1-19H3/t30-,31-,32+,33+,34-,35+,36+,37+,38-,40-,41-,42-,43+,44+,46+,48-,49-,50-/m1/s1. The molecule has 4 rings (SSSR count). The van der Waals surface area contributed by atoms with Gasteiger partial charge in [0.1, 0.15) is 18.0 Å². The molecule has 4 aliphatic heterocycles. The van der Waals surface area contributed by atoms with Crippen LogP contribution < -0.4 is 0 Å². The zero-order chi connectivity index (χ0) is 50.6. The van der Waals surface area contributed by atoms with Crippen LogP contribution in [-0.2, 0) is 56.3 Å². The largest absolute Gasteiger partial charge is 0.509 e. The molecular formula is C50H93NO14Si2. The first-order valence-electron chi connectivity index (χ1n) is 25.8. The molecule has 0 amide bonds. The molecule has 15 nitrogen and oxygen atoms in total. The van der Waals surface area contributed by atoms with E-state index in [1.54, 1.807) is 34.8 Å². The minimum atomic E-state index is -2.25. The summed E-state index contributed by atoms with van der Waals surface area (Å²) >= 11 is 0. The topological polar surface area (TPSA) is 167 Å². The monoisotopic (exact) mass is 988 g/mol. The number of hydrogen-bond donors (Lipinski definition) is 1. The number of carbonyl (C=O) groups is 3. The minimum absolute atomic E-state index is 0.0451. The molecule has 17 heteroatoms. The fourth-order valence-electron chi connectivity index (χ4n) is 11.9. The van der Waals surface area contributed by atoms with Gasteiger partial charge in [0.15, 0.2) is 40.9 Å². The van der Waals surface area contributed by atoms with Crippen LogP contribution in [0.5, 0.6) is 0 Å². The Hall–Kier alpha value is -1.52. The summed E-state index contributed by atoms with van der Waals surface area (Å²) in [7, 11) is 1.30. The van der Waals surface area contributed by atoms with E-state index in [1.165, 1.54) is 0 Å². The van der Waals surface area contributed by atoms with Crippen molar-refractivity contribution in [3.63, 3.8) is 0 Å². The van der Waals surface area contributed by atoms with E-state index in [2.05, 4.69) is 60.5 Å². The van der Waals surface area contributed by atoms with Gasteiger partial charge in [0.25, 0.3) is 0 Å². The van der Waals surface area contributed by atoms with Crippen molar-refractivity contribution in [2.24, 2.45) is 23.7 Å². The van der Waals surface area contributed by atoms with E-state index in [1.807, 2.05) is 41.5 Å². The van der Waals surface area contributed by atoms with Crippen LogP contribution in [0.3, 0.4) is 0 Å². The Bertz CT molecular complexity index is 1610. The normalized spacial score (nSPS) is 41.9. The molecule has 0 unspecified atom stereocenters. The lowest BCUT2D eigenvalue weighted by Gasteiger charge is -2.51. The first-order valence-corrected chi connectivity index (χ1v) is 30.9. The molecule has 0 radical (unpaired) electrons. The highest BCUT2D eigenvalue weighted by Gasteiger charge is 2.60. The zero-order valence-electron chi connectivity index (χ0n) is 44.9. The quantitative estimate of drug-likeness (QED) is 0.108. The maximum absolute atomic E-state index is 14.9. The van der Waals surface area contributed by atoms with Crippen molar-refractivity contribution in [3.05, 3.63) is 0 Å². The number of esters is 1. The summed E-state index contributed by atoms with van der Waals surface area (Å²) in [6.45, 7) is 31.5. The van der Waals surface area contributed by atoms with Crippen molar-refractivity contribution in [2.75, 3.05) is 21.2 Å². The number of rotatable bonds is 17. The fraction of sp³-hybridized carbons (Fsp3) is 0.940. The molecule has 0 aliphatic carbocycles. The van der Waals surface area contributed by atoms with Crippen molar-refractivity contribution in [3.8, 4) is 0 Å². The van der Waals surface area contributed by atoms with Gasteiger partial charge in [0.2, 0.25) is 0 Å². The highest BCUT2D eigenvalue weighted by molar-refractivity contribution is 6.74. The van der Waals surface area contributed by atoms with Gasteiger partial charge in [-0.2, -0.15) is 0 Å². The third-order valence-corrected chi connectivity index (χ3v) is 26.1. The highest BCUT2D eigenvalue weighted by atomic mass is 28.4. The fourth-order valence-corrected chi connectivity index (χ4v) is 17.7. The molecule has 1 N–H and O–H groups in total. The Labute approximate surface area is 406 Å². The van der Waals surface area contributed by atoms with Gasteiger partial charge in [-0.25, -0.2) is 4.79 Å². The second kappa shape index (κ2) is 23.4. The van der Waals surface area contributed by atoms with Gasteiger partial charge >= 0.3 is 12.1 Å². The molecule has 4 heterocycles. The number of cyclic esters (lactones) is 1. The highest BCUT2D eigenvalue weighted by Crippen LogP contribution is 2.45. The Morgan fingerprint density at radius 1 is 0.731 bits per heavy atom. The van der Waals surface area contributed by atoms with E-state index in [-0.39, 0.29) is 37.2 Å². The molecule has 18 atom stereocenters. The predicted octanol–water partition coefficient (Wildman–Crippen LogP) is 9.03. The average molecular weight is 988 g/mol. The number of aliphatic hydroxyl groups is 1. The van der Waals surface area contributed by atoms with Crippen LogP contribution in [0.1, 0.15) is 136 Å². The van der Waals surface area contributed by atoms with E-state index in [4.69, 9.17) is 46.7 Å². The van der Waals surface area contributed by atoms with E-state index in [0.29, 0.717) is 0 Å². The van der Waals surface area contributed by atoms with Gasteiger partial charge in [0, 0.05) is 31.4 Å². The number of carbonyl (C=O) groups excluding carboxylic acids is 3. The van der Waals surface area contributed by atoms with Crippen LogP contribution in [0.25, 0.3) is 0 Å². The number of hydrogen-bond acceptors (Lipinski definition) is 15. The van der Waals surface area contributed by atoms with E-state index < -0.39 is 125 Å². The first-order chi connectivity index (χ1) is 31.2. The lowest BCUT2D eigenvalue weighted by Crippen LogP contribution is -2.63. The number of Topliss-reactive ketones (excluding diaryl/α,β-unsaturated/α-hetero) is 1. The number of nitrogens with zero attached hydrogens (tertiary/aromatic N) is 1. The molecule has 0 bridgehead atoms. The number of ketones is 1. The van der Waals surface area contributed by atoms with Crippen LogP contribution in [0.2, 0.25) is 36.3 Å². The molecule has 0 aromatic rings. The van der Waals surface area contributed by atoms with Crippen LogP contribution >= 0.6 is 0 Å². The van der Waals surface area contributed by atoms with Crippen molar-refractivity contribution in [1.82, 2.24) is 4.90 Å². The first kappa shape index (κ1) is 58.1. The van der Waals surface area contributed by atoms with Crippen LogP contribution in [-0.4, -0.2) is 150 Å². The molecular weight excluding hydrogens is 895 g/mol. The lowest BCUT2D eigenvalue weighted by atomic mass is 9.74. The molecule has 0 aromatic carbocycles. The van der Waals surface area contributed by atoms with Crippen molar-refractivity contribution < 1.29 is 66.2 Å². The maximum Gasteiger partial charge on any atom is 0.509 e. The summed E-state index contributed by atoms with van der Waals surface area (Å²) in [5.74, 6) is -3.88. The third kappa shape index (κ3) is 12.4.